The minimum absolute atomic E-state index is 0.104. The van der Waals surface area contributed by atoms with E-state index in [1.54, 1.807) is 17.0 Å². The topological polar surface area (TPSA) is 140 Å². The van der Waals surface area contributed by atoms with Crippen LogP contribution in [0.5, 0.6) is 0 Å². The van der Waals surface area contributed by atoms with Crippen molar-refractivity contribution in [3.05, 3.63) is 65.2 Å². The van der Waals surface area contributed by atoms with E-state index in [0.29, 0.717) is 11.3 Å². The van der Waals surface area contributed by atoms with Crippen molar-refractivity contribution in [2.45, 2.75) is 22.7 Å². The van der Waals surface area contributed by atoms with Crippen LogP contribution in [0, 0.1) is 6.92 Å². The summed E-state index contributed by atoms with van der Waals surface area (Å²) in [4.78, 5) is 26.8. The second kappa shape index (κ2) is 9.41. The van der Waals surface area contributed by atoms with E-state index >= 15 is 0 Å². The predicted molar refractivity (Wildman–Crippen MR) is 119 cm³/mol. The number of carbonyl (C=O) groups excluding carboxylic acids is 2. The predicted octanol–water partition coefficient (Wildman–Crippen LogP) is 2.11. The van der Waals surface area contributed by atoms with Crippen molar-refractivity contribution >= 4 is 33.6 Å². The number of hydrogen-bond acceptors (Lipinski definition) is 8. The lowest BCUT2D eigenvalue weighted by Crippen LogP contribution is -2.50. The molecule has 0 radical (unpaired) electrons. The highest BCUT2D eigenvalue weighted by Gasteiger charge is 2.33. The van der Waals surface area contributed by atoms with Crippen LogP contribution in [0.3, 0.4) is 0 Å². The van der Waals surface area contributed by atoms with Gasteiger partial charge in [-0.2, -0.15) is 4.31 Å². The fourth-order valence-electron chi connectivity index (χ4n) is 3.42. The number of amides is 2. The van der Waals surface area contributed by atoms with Crippen LogP contribution in [0.2, 0.25) is 0 Å². The summed E-state index contributed by atoms with van der Waals surface area (Å²) in [6.07, 6.45) is 0. The average Bonchev–Trinajstić information content (AvgIpc) is 3.47. The largest absolute Gasteiger partial charge is 0.438 e. The zero-order valence-electron chi connectivity index (χ0n) is 17.8. The van der Waals surface area contributed by atoms with Crippen LogP contribution in [0.4, 0.5) is 0 Å². The molecule has 2 N–H and O–H groups in total. The maximum Gasteiger partial charge on any atom is 0.284 e. The number of rotatable bonds is 7. The normalized spacial score (nSPS) is 15.0. The van der Waals surface area contributed by atoms with Crippen LogP contribution in [0.15, 0.2) is 61.4 Å². The Bertz CT molecular complexity index is 1280. The number of benzene rings is 1. The van der Waals surface area contributed by atoms with Crippen LogP contribution in [0.25, 0.3) is 0 Å². The van der Waals surface area contributed by atoms with Gasteiger partial charge in [0.15, 0.2) is 5.76 Å². The molecule has 12 heteroatoms. The quantitative estimate of drug-likeness (QED) is 0.497. The third-order valence-corrected chi connectivity index (χ3v) is 7.98. The molecule has 1 aliphatic heterocycles. The first kappa shape index (κ1) is 23.1. The number of aromatic nitrogens is 1. The first-order valence-electron chi connectivity index (χ1n) is 10.1. The van der Waals surface area contributed by atoms with E-state index in [9.17, 15) is 18.0 Å². The van der Waals surface area contributed by atoms with E-state index < -0.39 is 15.9 Å². The van der Waals surface area contributed by atoms with Gasteiger partial charge in [-0.05, 0) is 31.2 Å². The Morgan fingerprint density at radius 3 is 2.48 bits per heavy atom. The molecular formula is C21H22N4O6S2. The molecule has 0 saturated carbocycles. The van der Waals surface area contributed by atoms with Crippen molar-refractivity contribution in [2.75, 3.05) is 26.2 Å². The zero-order valence-corrected chi connectivity index (χ0v) is 19.4. The van der Waals surface area contributed by atoms with E-state index in [1.807, 2.05) is 25.1 Å². The highest BCUT2D eigenvalue weighted by molar-refractivity contribution is 7.98. The monoisotopic (exact) mass is 490 g/mol. The van der Waals surface area contributed by atoms with Crippen LogP contribution in [-0.4, -0.2) is 60.8 Å². The molecule has 1 aliphatic rings. The number of thioether (sulfide) groups is 1. The Morgan fingerprint density at radius 1 is 1.12 bits per heavy atom. The van der Waals surface area contributed by atoms with Gasteiger partial charge in [0.2, 0.25) is 5.09 Å². The van der Waals surface area contributed by atoms with E-state index in [0.717, 1.165) is 16.3 Å². The Balaban J connectivity index is 1.41. The summed E-state index contributed by atoms with van der Waals surface area (Å²) < 4.78 is 37.2. The van der Waals surface area contributed by atoms with Crippen LogP contribution >= 0.6 is 11.8 Å². The third kappa shape index (κ3) is 4.97. The van der Waals surface area contributed by atoms with Gasteiger partial charge < -0.3 is 19.6 Å². The van der Waals surface area contributed by atoms with E-state index in [2.05, 4.69) is 5.16 Å². The fraction of sp³-hybridized carbons (Fsp3) is 0.286. The Labute approximate surface area is 194 Å². The summed E-state index contributed by atoms with van der Waals surface area (Å²) in [5, 5.41) is 3.52. The highest BCUT2D eigenvalue weighted by Crippen LogP contribution is 2.28. The van der Waals surface area contributed by atoms with Crippen molar-refractivity contribution in [3.63, 3.8) is 0 Å². The molecule has 0 atom stereocenters. The van der Waals surface area contributed by atoms with Crippen molar-refractivity contribution in [1.29, 1.82) is 0 Å². The molecule has 0 unspecified atom stereocenters. The van der Waals surface area contributed by atoms with E-state index in [4.69, 9.17) is 14.7 Å². The summed E-state index contributed by atoms with van der Waals surface area (Å²) in [5.74, 6) is 0.0147. The van der Waals surface area contributed by atoms with Gasteiger partial charge in [0.05, 0.1) is 17.0 Å². The van der Waals surface area contributed by atoms with Gasteiger partial charge in [-0.1, -0.05) is 17.3 Å². The van der Waals surface area contributed by atoms with Gasteiger partial charge in [0, 0.05) is 37.1 Å². The maximum atomic E-state index is 13.2. The molecular weight excluding hydrogens is 468 g/mol. The van der Waals surface area contributed by atoms with Crippen molar-refractivity contribution in [1.82, 2.24) is 14.4 Å². The molecule has 2 aromatic heterocycles. The summed E-state index contributed by atoms with van der Waals surface area (Å²) in [6, 6.07) is 11.6. The maximum absolute atomic E-state index is 13.2. The second-order valence-electron chi connectivity index (χ2n) is 7.40. The molecule has 10 nitrogen and oxygen atoms in total. The SMILES string of the molecule is Cc1cc(CSc2ccccc2C(=O)N2CCN(S(=O)(=O)c3ccc(C(N)=O)o3)CC2)on1. The molecule has 33 heavy (non-hydrogen) atoms. The Kier molecular flexibility index (Phi) is 6.58. The second-order valence-corrected chi connectivity index (χ2v) is 10.3. The molecule has 4 rings (SSSR count). The zero-order chi connectivity index (χ0) is 23.6. The number of sulfonamides is 1. The molecule has 0 bridgehead atoms. The van der Waals surface area contributed by atoms with Gasteiger partial charge in [-0.3, -0.25) is 9.59 Å². The van der Waals surface area contributed by atoms with Gasteiger partial charge in [-0.25, -0.2) is 8.42 Å². The van der Waals surface area contributed by atoms with Crippen LogP contribution in [0.1, 0.15) is 32.4 Å². The lowest BCUT2D eigenvalue weighted by Gasteiger charge is -2.33. The number of hydrogen-bond donors (Lipinski definition) is 1. The minimum Gasteiger partial charge on any atom is -0.438 e. The standard InChI is InChI=1S/C21H22N4O6S2/c1-14-12-15(31-23-14)13-32-18-5-3-2-4-16(18)21(27)24-8-10-25(11-9-24)33(28,29)19-7-6-17(30-19)20(22)26/h2-7,12H,8-11,13H2,1H3,(H2,22,26). The molecule has 1 fully saturated rings. The molecule has 1 aromatic carbocycles. The number of aryl methyl sites for hydroxylation is 1. The van der Waals surface area contributed by atoms with E-state index in [-0.39, 0.29) is 42.9 Å². The van der Waals surface area contributed by atoms with Crippen molar-refractivity contribution < 1.29 is 26.9 Å². The van der Waals surface area contributed by atoms with Crippen LogP contribution < -0.4 is 5.73 Å². The smallest absolute Gasteiger partial charge is 0.284 e. The lowest BCUT2D eigenvalue weighted by molar-refractivity contribution is 0.0693. The van der Waals surface area contributed by atoms with Gasteiger partial charge in [0.25, 0.3) is 21.8 Å². The summed E-state index contributed by atoms with van der Waals surface area (Å²) in [7, 11) is -3.93. The molecule has 0 spiro atoms. The minimum atomic E-state index is -3.93. The van der Waals surface area contributed by atoms with Crippen LogP contribution in [-0.2, 0) is 15.8 Å². The van der Waals surface area contributed by atoms with Crippen molar-refractivity contribution in [2.24, 2.45) is 5.73 Å². The number of nitrogens with two attached hydrogens (primary N) is 1. The third-order valence-electron chi connectivity index (χ3n) is 5.11. The molecule has 1 saturated heterocycles. The summed E-state index contributed by atoms with van der Waals surface area (Å²) >= 11 is 1.47. The number of nitrogens with zero attached hydrogens (tertiary/aromatic N) is 3. The number of furan rings is 1. The molecule has 3 heterocycles. The van der Waals surface area contributed by atoms with Gasteiger partial charge >= 0.3 is 0 Å². The Hall–Kier alpha value is -3.09. The van der Waals surface area contributed by atoms with Gasteiger partial charge in [-0.15, -0.1) is 11.8 Å². The summed E-state index contributed by atoms with van der Waals surface area (Å²) in [5.41, 5.74) is 6.47. The highest BCUT2D eigenvalue weighted by atomic mass is 32.2. The number of carbonyl (C=O) groups is 2. The average molecular weight is 491 g/mol. The molecule has 0 aliphatic carbocycles. The van der Waals surface area contributed by atoms with Crippen molar-refractivity contribution in [3.8, 4) is 0 Å². The number of primary amides is 1. The fourth-order valence-corrected chi connectivity index (χ4v) is 5.68. The lowest BCUT2D eigenvalue weighted by atomic mass is 10.2. The number of piperazine rings is 1. The summed E-state index contributed by atoms with van der Waals surface area (Å²) in [6.45, 7) is 2.50. The Morgan fingerprint density at radius 2 is 1.85 bits per heavy atom. The molecule has 3 aromatic rings. The molecule has 2 amide bonds. The van der Waals surface area contributed by atoms with E-state index in [1.165, 1.54) is 28.2 Å². The first-order valence-corrected chi connectivity index (χ1v) is 12.5. The first-order chi connectivity index (χ1) is 15.8. The van der Waals surface area contributed by atoms with Gasteiger partial charge in [0.1, 0.15) is 5.76 Å². The molecule has 174 valence electrons.